The van der Waals surface area contributed by atoms with Crippen LogP contribution < -0.4 is 10.1 Å². The minimum absolute atomic E-state index is 0.719. The highest BCUT2D eigenvalue weighted by Crippen LogP contribution is 2.25. The summed E-state index contributed by atoms with van der Waals surface area (Å²) in [5.74, 6) is 1.01. The van der Waals surface area contributed by atoms with Crippen molar-refractivity contribution in [2.45, 2.75) is 31.7 Å². The maximum absolute atomic E-state index is 5.95. The van der Waals surface area contributed by atoms with Gasteiger partial charge in [0.2, 0.25) is 0 Å². The Morgan fingerprint density at radius 2 is 2.00 bits per heavy atom. The third-order valence-electron chi connectivity index (χ3n) is 3.87. The number of nitrogens with one attached hydrogen (secondary N) is 1. The average Bonchev–Trinajstić information content (AvgIpc) is 2.97. The van der Waals surface area contributed by atoms with Crippen LogP contribution in [-0.4, -0.2) is 19.2 Å². The van der Waals surface area contributed by atoms with Gasteiger partial charge in [-0.3, -0.25) is 0 Å². The second-order valence-electron chi connectivity index (χ2n) is 5.26. The van der Waals surface area contributed by atoms with E-state index in [4.69, 9.17) is 4.74 Å². The van der Waals surface area contributed by atoms with E-state index in [0.29, 0.717) is 0 Å². The van der Waals surface area contributed by atoms with Crippen molar-refractivity contribution in [3.63, 3.8) is 0 Å². The number of benzene rings is 2. The Hall–Kier alpha value is -1.54. The first-order valence-electron chi connectivity index (χ1n) is 7.27. The van der Waals surface area contributed by atoms with Crippen molar-refractivity contribution < 1.29 is 4.74 Å². The average molecular weight is 255 g/mol. The molecule has 2 nitrogen and oxygen atoms in total. The van der Waals surface area contributed by atoms with Crippen molar-refractivity contribution >= 4 is 10.8 Å². The van der Waals surface area contributed by atoms with Crippen molar-refractivity contribution in [1.29, 1.82) is 0 Å². The van der Waals surface area contributed by atoms with Crippen LogP contribution in [0.25, 0.3) is 10.8 Å². The quantitative estimate of drug-likeness (QED) is 0.822. The third-order valence-corrected chi connectivity index (χ3v) is 3.87. The monoisotopic (exact) mass is 255 g/mol. The van der Waals surface area contributed by atoms with E-state index in [1.165, 1.54) is 36.6 Å². The smallest absolute Gasteiger partial charge is 0.127 e. The molecule has 1 fully saturated rings. The van der Waals surface area contributed by atoms with Gasteiger partial charge in [-0.15, -0.1) is 0 Å². The van der Waals surface area contributed by atoms with E-state index in [1.807, 2.05) is 0 Å². The van der Waals surface area contributed by atoms with E-state index in [0.717, 1.165) is 24.8 Å². The summed E-state index contributed by atoms with van der Waals surface area (Å²) in [6.07, 6.45) is 5.01. The van der Waals surface area contributed by atoms with Crippen molar-refractivity contribution in [2.24, 2.45) is 0 Å². The maximum Gasteiger partial charge on any atom is 0.127 e. The Balaban J connectivity index is 1.56. The number of rotatable bonds is 5. The van der Waals surface area contributed by atoms with E-state index >= 15 is 0 Å². The van der Waals surface area contributed by atoms with Crippen LogP contribution >= 0.6 is 0 Å². The van der Waals surface area contributed by atoms with Gasteiger partial charge in [0.15, 0.2) is 0 Å². The fourth-order valence-corrected chi connectivity index (χ4v) is 2.84. The molecule has 2 heteroatoms. The molecule has 0 radical (unpaired) electrons. The number of fused-ring (bicyclic) bond motifs is 1. The fourth-order valence-electron chi connectivity index (χ4n) is 2.84. The molecule has 1 unspecified atom stereocenters. The summed E-state index contributed by atoms with van der Waals surface area (Å²) in [6, 6.07) is 15.4. The van der Waals surface area contributed by atoms with Crippen LogP contribution in [0, 0.1) is 0 Å². The first-order valence-corrected chi connectivity index (χ1v) is 7.27. The zero-order valence-electron chi connectivity index (χ0n) is 11.3. The standard InChI is InChI=1S/C17H21NO/c1-2-10-16-14(6-1)7-3-11-17(16)19-13-5-9-15-8-4-12-18-15/h1-3,6-7,10-11,15,18H,4-5,8-9,12-13H2. The summed E-state index contributed by atoms with van der Waals surface area (Å²) in [4.78, 5) is 0. The van der Waals surface area contributed by atoms with E-state index < -0.39 is 0 Å². The van der Waals surface area contributed by atoms with Crippen LogP contribution in [0.2, 0.25) is 0 Å². The lowest BCUT2D eigenvalue weighted by Crippen LogP contribution is -2.21. The largest absolute Gasteiger partial charge is 0.493 e. The molecule has 1 aliphatic heterocycles. The lowest BCUT2D eigenvalue weighted by Gasteiger charge is -2.12. The minimum atomic E-state index is 0.719. The van der Waals surface area contributed by atoms with Gasteiger partial charge < -0.3 is 10.1 Å². The normalized spacial score (nSPS) is 18.8. The van der Waals surface area contributed by atoms with Crippen molar-refractivity contribution in [2.75, 3.05) is 13.2 Å². The fraction of sp³-hybridized carbons (Fsp3) is 0.412. The lowest BCUT2D eigenvalue weighted by molar-refractivity contribution is 0.302. The highest BCUT2D eigenvalue weighted by atomic mass is 16.5. The molecule has 0 spiro atoms. The topological polar surface area (TPSA) is 21.3 Å². The number of hydrogen-bond acceptors (Lipinski definition) is 2. The molecule has 100 valence electrons. The summed E-state index contributed by atoms with van der Waals surface area (Å²) < 4.78 is 5.95. The summed E-state index contributed by atoms with van der Waals surface area (Å²) in [5, 5.41) is 5.99. The van der Waals surface area contributed by atoms with Gasteiger partial charge in [0, 0.05) is 11.4 Å². The molecule has 2 aromatic carbocycles. The molecule has 0 aromatic heterocycles. The van der Waals surface area contributed by atoms with Crippen LogP contribution in [0.4, 0.5) is 0 Å². The molecule has 0 bridgehead atoms. The molecule has 0 saturated carbocycles. The molecule has 1 aliphatic rings. The molecule has 1 atom stereocenters. The lowest BCUT2D eigenvalue weighted by atomic mass is 10.1. The Labute approximate surface area is 114 Å². The van der Waals surface area contributed by atoms with Crippen molar-refractivity contribution in [3.8, 4) is 5.75 Å². The highest BCUT2D eigenvalue weighted by molar-refractivity contribution is 5.88. The minimum Gasteiger partial charge on any atom is -0.493 e. The van der Waals surface area contributed by atoms with Gasteiger partial charge in [0.25, 0.3) is 0 Å². The summed E-state index contributed by atoms with van der Waals surface area (Å²) in [7, 11) is 0. The molecule has 19 heavy (non-hydrogen) atoms. The van der Waals surface area contributed by atoms with E-state index in [2.05, 4.69) is 47.8 Å². The van der Waals surface area contributed by atoms with E-state index in [-0.39, 0.29) is 0 Å². The SMILES string of the molecule is c1ccc2c(OCCCC3CCCN3)cccc2c1. The van der Waals surface area contributed by atoms with Crippen LogP contribution in [0.15, 0.2) is 42.5 Å². The van der Waals surface area contributed by atoms with Crippen LogP contribution in [-0.2, 0) is 0 Å². The Morgan fingerprint density at radius 3 is 2.89 bits per heavy atom. The zero-order chi connectivity index (χ0) is 12.9. The van der Waals surface area contributed by atoms with E-state index in [9.17, 15) is 0 Å². The van der Waals surface area contributed by atoms with E-state index in [1.54, 1.807) is 0 Å². The van der Waals surface area contributed by atoms with Crippen molar-refractivity contribution in [1.82, 2.24) is 5.32 Å². The summed E-state index contributed by atoms with van der Waals surface area (Å²) >= 11 is 0. The molecule has 0 amide bonds. The third kappa shape index (κ3) is 3.07. The predicted molar refractivity (Wildman–Crippen MR) is 79.7 cm³/mol. The second-order valence-corrected chi connectivity index (χ2v) is 5.26. The number of ether oxygens (including phenoxy) is 1. The first kappa shape index (κ1) is 12.5. The molecule has 3 rings (SSSR count). The van der Waals surface area contributed by atoms with Gasteiger partial charge >= 0.3 is 0 Å². The Morgan fingerprint density at radius 1 is 1.11 bits per heavy atom. The van der Waals surface area contributed by atoms with Crippen LogP contribution in [0.5, 0.6) is 5.75 Å². The molecular weight excluding hydrogens is 234 g/mol. The van der Waals surface area contributed by atoms with Gasteiger partial charge in [-0.1, -0.05) is 36.4 Å². The molecule has 2 aromatic rings. The zero-order valence-corrected chi connectivity index (χ0v) is 11.3. The Kier molecular flexibility index (Phi) is 3.99. The molecule has 1 N–H and O–H groups in total. The van der Waals surface area contributed by atoms with Gasteiger partial charge in [0.05, 0.1) is 6.61 Å². The second kappa shape index (κ2) is 6.07. The molecular formula is C17H21NO. The highest BCUT2D eigenvalue weighted by Gasteiger charge is 2.13. The summed E-state index contributed by atoms with van der Waals surface area (Å²) in [6.45, 7) is 2.00. The molecule has 0 aliphatic carbocycles. The molecule has 1 heterocycles. The maximum atomic E-state index is 5.95. The van der Waals surface area contributed by atoms with Crippen LogP contribution in [0.1, 0.15) is 25.7 Å². The first-order chi connectivity index (χ1) is 9.43. The van der Waals surface area contributed by atoms with Gasteiger partial charge in [-0.25, -0.2) is 0 Å². The Bertz CT molecular complexity index is 526. The van der Waals surface area contributed by atoms with Gasteiger partial charge in [-0.05, 0) is 43.7 Å². The molecule has 1 saturated heterocycles. The van der Waals surface area contributed by atoms with Crippen molar-refractivity contribution in [3.05, 3.63) is 42.5 Å². The predicted octanol–water partition coefficient (Wildman–Crippen LogP) is 3.75. The van der Waals surface area contributed by atoms with Gasteiger partial charge in [0.1, 0.15) is 5.75 Å². The van der Waals surface area contributed by atoms with Crippen LogP contribution in [0.3, 0.4) is 0 Å². The number of hydrogen-bond donors (Lipinski definition) is 1. The van der Waals surface area contributed by atoms with Gasteiger partial charge in [-0.2, -0.15) is 0 Å². The summed E-state index contributed by atoms with van der Waals surface area (Å²) in [5.41, 5.74) is 0.